The number of carbonyl (C=O) groups excluding carboxylic acids is 1. The molecule has 3 nitrogen and oxygen atoms in total. The molecule has 0 atom stereocenters. The van der Waals surface area contributed by atoms with Gasteiger partial charge in [0.2, 0.25) is 0 Å². The number of aldehydes is 1. The summed E-state index contributed by atoms with van der Waals surface area (Å²) in [6.07, 6.45) is 0.779. The number of aromatic carboxylic acids is 1. The molecule has 1 aromatic carbocycles. The van der Waals surface area contributed by atoms with Crippen molar-refractivity contribution in [2.45, 2.75) is 6.42 Å². The average Bonchev–Trinajstić information content (AvgIpc) is 2.20. The fraction of sp³-hybridized carbons (Fsp3) is 0.0909. The van der Waals surface area contributed by atoms with E-state index in [1.165, 1.54) is 6.07 Å². The molecule has 0 aliphatic carbocycles. The summed E-state index contributed by atoms with van der Waals surface area (Å²) in [6, 6.07) is 4.79. The van der Waals surface area contributed by atoms with Gasteiger partial charge in [0.1, 0.15) is 6.29 Å². The molecule has 0 aliphatic rings. The summed E-state index contributed by atoms with van der Waals surface area (Å²) in [5.74, 6) is 4.17. The van der Waals surface area contributed by atoms with E-state index in [0.717, 1.165) is 0 Å². The Hall–Kier alpha value is -1.60. The highest BCUT2D eigenvalue weighted by atomic mass is 79.9. The van der Waals surface area contributed by atoms with Crippen molar-refractivity contribution in [2.75, 3.05) is 0 Å². The van der Waals surface area contributed by atoms with Crippen molar-refractivity contribution in [3.05, 3.63) is 33.8 Å². The topological polar surface area (TPSA) is 54.4 Å². The minimum absolute atomic E-state index is 0.106. The number of halogens is 1. The van der Waals surface area contributed by atoms with E-state index in [-0.39, 0.29) is 12.0 Å². The van der Waals surface area contributed by atoms with Crippen LogP contribution in [0.4, 0.5) is 0 Å². The highest BCUT2D eigenvalue weighted by Crippen LogP contribution is 2.16. The number of carboxylic acids is 1. The molecule has 15 heavy (non-hydrogen) atoms. The van der Waals surface area contributed by atoms with Crippen molar-refractivity contribution in [3.63, 3.8) is 0 Å². The maximum absolute atomic E-state index is 10.8. The Labute approximate surface area is 95.2 Å². The van der Waals surface area contributed by atoms with Crippen LogP contribution in [0.25, 0.3) is 0 Å². The van der Waals surface area contributed by atoms with E-state index >= 15 is 0 Å². The molecular formula is C11H7BrO3. The molecule has 0 heterocycles. The monoisotopic (exact) mass is 266 g/mol. The number of carboxylic acid groups (broad SMARTS) is 1. The largest absolute Gasteiger partial charge is 0.478 e. The van der Waals surface area contributed by atoms with Crippen LogP contribution in [-0.4, -0.2) is 17.4 Å². The molecular weight excluding hydrogens is 260 g/mol. The van der Waals surface area contributed by atoms with Crippen molar-refractivity contribution >= 4 is 28.2 Å². The van der Waals surface area contributed by atoms with Crippen LogP contribution >= 0.6 is 15.9 Å². The van der Waals surface area contributed by atoms with Gasteiger partial charge in [0.15, 0.2) is 0 Å². The van der Waals surface area contributed by atoms with E-state index in [9.17, 15) is 9.59 Å². The average molecular weight is 267 g/mol. The Bertz CT molecular complexity index is 455. The molecule has 76 valence electrons. The van der Waals surface area contributed by atoms with Crippen molar-refractivity contribution in [1.29, 1.82) is 0 Å². The molecule has 0 saturated heterocycles. The fourth-order valence-corrected chi connectivity index (χ4v) is 1.35. The van der Waals surface area contributed by atoms with Crippen molar-refractivity contribution in [2.24, 2.45) is 0 Å². The van der Waals surface area contributed by atoms with Gasteiger partial charge in [-0.15, -0.1) is 0 Å². The van der Waals surface area contributed by atoms with Gasteiger partial charge in [0, 0.05) is 10.0 Å². The van der Waals surface area contributed by atoms with E-state index in [1.807, 2.05) is 0 Å². The Morgan fingerprint density at radius 1 is 1.53 bits per heavy atom. The van der Waals surface area contributed by atoms with Crippen LogP contribution in [0, 0.1) is 11.8 Å². The van der Waals surface area contributed by atoms with E-state index in [1.54, 1.807) is 12.1 Å². The Balaban J connectivity index is 3.13. The third-order valence-corrected chi connectivity index (χ3v) is 2.11. The molecule has 0 spiro atoms. The first-order valence-electron chi connectivity index (χ1n) is 4.10. The predicted molar refractivity (Wildman–Crippen MR) is 58.7 cm³/mol. The standard InChI is InChI=1S/C11H7BrO3/c12-9-5-4-8(3-1-2-6-13)10(7-9)11(14)15/h4-7H,2H2,(H,14,15). The van der Waals surface area contributed by atoms with Gasteiger partial charge in [-0.05, 0) is 18.2 Å². The van der Waals surface area contributed by atoms with Gasteiger partial charge in [-0.25, -0.2) is 4.79 Å². The SMILES string of the molecule is O=CCC#Cc1ccc(Br)cc1C(=O)O. The zero-order chi connectivity index (χ0) is 11.3. The lowest BCUT2D eigenvalue weighted by atomic mass is 10.1. The Kier molecular flexibility index (Phi) is 4.07. The first-order valence-corrected chi connectivity index (χ1v) is 4.90. The number of hydrogen-bond acceptors (Lipinski definition) is 2. The molecule has 0 aliphatic heterocycles. The van der Waals surface area contributed by atoms with Crippen LogP contribution in [0.3, 0.4) is 0 Å². The van der Waals surface area contributed by atoms with Crippen LogP contribution < -0.4 is 0 Å². The normalized spacial score (nSPS) is 8.87. The first kappa shape index (κ1) is 11.5. The second-order valence-corrected chi connectivity index (χ2v) is 3.58. The number of hydrogen-bond donors (Lipinski definition) is 1. The fourth-order valence-electron chi connectivity index (χ4n) is 0.990. The summed E-state index contributed by atoms with van der Waals surface area (Å²) in [7, 11) is 0. The Morgan fingerprint density at radius 3 is 2.87 bits per heavy atom. The van der Waals surface area contributed by atoms with Gasteiger partial charge in [-0.3, -0.25) is 0 Å². The number of benzene rings is 1. The van der Waals surface area contributed by atoms with Crippen molar-refractivity contribution in [3.8, 4) is 11.8 Å². The molecule has 1 aromatic rings. The van der Waals surface area contributed by atoms with E-state index in [2.05, 4.69) is 27.8 Å². The summed E-state index contributed by atoms with van der Waals surface area (Å²) in [5, 5.41) is 8.89. The van der Waals surface area contributed by atoms with Gasteiger partial charge in [-0.1, -0.05) is 27.8 Å². The molecule has 0 radical (unpaired) electrons. The lowest BCUT2D eigenvalue weighted by molar-refractivity contribution is -0.107. The maximum atomic E-state index is 10.8. The minimum atomic E-state index is -1.04. The molecule has 4 heteroatoms. The van der Waals surface area contributed by atoms with Crippen LogP contribution in [0.1, 0.15) is 22.3 Å². The van der Waals surface area contributed by atoms with E-state index < -0.39 is 5.97 Å². The molecule has 0 amide bonds. The highest BCUT2D eigenvalue weighted by Gasteiger charge is 2.08. The molecule has 0 unspecified atom stereocenters. The molecule has 0 aromatic heterocycles. The number of carbonyl (C=O) groups is 2. The van der Waals surface area contributed by atoms with Gasteiger partial charge in [0.05, 0.1) is 12.0 Å². The highest BCUT2D eigenvalue weighted by molar-refractivity contribution is 9.10. The number of rotatable bonds is 2. The minimum Gasteiger partial charge on any atom is -0.478 e. The van der Waals surface area contributed by atoms with Crippen LogP contribution in [-0.2, 0) is 4.79 Å². The lowest BCUT2D eigenvalue weighted by Gasteiger charge is -1.99. The van der Waals surface area contributed by atoms with Gasteiger partial charge in [-0.2, -0.15) is 0 Å². The molecule has 0 saturated carbocycles. The van der Waals surface area contributed by atoms with E-state index in [0.29, 0.717) is 16.3 Å². The maximum Gasteiger partial charge on any atom is 0.337 e. The smallest absolute Gasteiger partial charge is 0.337 e. The van der Waals surface area contributed by atoms with Crippen LogP contribution in [0.15, 0.2) is 22.7 Å². The van der Waals surface area contributed by atoms with Crippen molar-refractivity contribution in [1.82, 2.24) is 0 Å². The zero-order valence-corrected chi connectivity index (χ0v) is 9.24. The Morgan fingerprint density at radius 2 is 2.27 bits per heavy atom. The second-order valence-electron chi connectivity index (χ2n) is 2.67. The van der Waals surface area contributed by atoms with Gasteiger partial charge >= 0.3 is 5.97 Å². The first-order chi connectivity index (χ1) is 7.15. The van der Waals surface area contributed by atoms with Crippen molar-refractivity contribution < 1.29 is 14.7 Å². The summed E-state index contributed by atoms with van der Waals surface area (Å²) >= 11 is 3.18. The summed E-state index contributed by atoms with van der Waals surface area (Å²) in [4.78, 5) is 20.9. The third kappa shape index (κ3) is 3.22. The molecule has 1 rings (SSSR count). The summed E-state index contributed by atoms with van der Waals surface area (Å²) in [5.41, 5.74) is 0.537. The van der Waals surface area contributed by atoms with Crippen LogP contribution in [0.2, 0.25) is 0 Å². The van der Waals surface area contributed by atoms with Crippen LogP contribution in [0.5, 0.6) is 0 Å². The molecule has 1 N–H and O–H groups in total. The molecule has 0 bridgehead atoms. The zero-order valence-electron chi connectivity index (χ0n) is 7.66. The third-order valence-electron chi connectivity index (χ3n) is 1.62. The van der Waals surface area contributed by atoms with Gasteiger partial charge < -0.3 is 9.90 Å². The summed E-state index contributed by atoms with van der Waals surface area (Å²) < 4.78 is 0.681. The molecule has 0 fully saturated rings. The van der Waals surface area contributed by atoms with Gasteiger partial charge in [0.25, 0.3) is 0 Å². The quantitative estimate of drug-likeness (QED) is 0.659. The second kappa shape index (κ2) is 5.32. The van der Waals surface area contributed by atoms with E-state index in [4.69, 9.17) is 5.11 Å². The predicted octanol–water partition coefficient (Wildman–Crippen LogP) is 2.09. The summed E-state index contributed by atoms with van der Waals surface area (Å²) in [6.45, 7) is 0. The lowest BCUT2D eigenvalue weighted by Crippen LogP contribution is -1.99.